The number of nitrogens with zero attached hydrogens (tertiary/aromatic N) is 1. The fourth-order valence-electron chi connectivity index (χ4n) is 1.87. The Bertz CT molecular complexity index is 462. The van der Waals surface area contributed by atoms with Crippen molar-refractivity contribution >= 4 is 10.8 Å². The van der Waals surface area contributed by atoms with Gasteiger partial charge in [0.2, 0.25) is 0 Å². The second kappa shape index (κ2) is 5.13. The molecule has 2 aromatic carbocycles. The van der Waals surface area contributed by atoms with Gasteiger partial charge in [-0.05, 0) is 36.3 Å². The molecule has 0 atom stereocenters. The van der Waals surface area contributed by atoms with Gasteiger partial charge in [-0.25, -0.2) is 0 Å². The summed E-state index contributed by atoms with van der Waals surface area (Å²) in [7, 11) is 2.17. The Balaban J connectivity index is 2.13. The SMILES string of the molecule is CCN(C)CCc1ccc2ccccc2c1. The van der Waals surface area contributed by atoms with Crippen LogP contribution in [-0.4, -0.2) is 25.0 Å². The molecule has 2 aromatic rings. The Hall–Kier alpha value is -1.34. The van der Waals surface area contributed by atoms with E-state index < -0.39 is 0 Å². The molecule has 0 aliphatic rings. The second-order valence-electron chi connectivity index (χ2n) is 4.33. The monoisotopic (exact) mass is 213 g/mol. The van der Waals surface area contributed by atoms with Gasteiger partial charge in [-0.1, -0.05) is 49.4 Å². The molecule has 0 saturated carbocycles. The van der Waals surface area contributed by atoms with Crippen molar-refractivity contribution in [2.24, 2.45) is 0 Å². The minimum absolute atomic E-state index is 1.12. The lowest BCUT2D eigenvalue weighted by molar-refractivity contribution is 0.357. The summed E-state index contributed by atoms with van der Waals surface area (Å²) in [4.78, 5) is 2.34. The van der Waals surface area contributed by atoms with Crippen LogP contribution in [0.15, 0.2) is 42.5 Å². The van der Waals surface area contributed by atoms with Crippen LogP contribution in [0.4, 0.5) is 0 Å². The highest BCUT2D eigenvalue weighted by Gasteiger charge is 1.98. The van der Waals surface area contributed by atoms with Crippen LogP contribution in [-0.2, 0) is 6.42 Å². The van der Waals surface area contributed by atoms with Crippen molar-refractivity contribution in [3.8, 4) is 0 Å². The van der Waals surface area contributed by atoms with Crippen LogP contribution in [0.25, 0.3) is 10.8 Å². The average molecular weight is 213 g/mol. The average Bonchev–Trinajstić information content (AvgIpc) is 2.35. The third kappa shape index (κ3) is 2.61. The molecule has 0 bridgehead atoms. The van der Waals surface area contributed by atoms with E-state index >= 15 is 0 Å². The molecule has 0 N–H and O–H groups in total. The van der Waals surface area contributed by atoms with Crippen molar-refractivity contribution in [3.63, 3.8) is 0 Å². The summed E-state index contributed by atoms with van der Waals surface area (Å²) in [5, 5.41) is 2.68. The normalized spacial score (nSPS) is 11.2. The maximum absolute atomic E-state index is 2.34. The topological polar surface area (TPSA) is 3.24 Å². The highest BCUT2D eigenvalue weighted by Crippen LogP contribution is 2.15. The van der Waals surface area contributed by atoms with E-state index in [0.29, 0.717) is 0 Å². The molecule has 0 amide bonds. The van der Waals surface area contributed by atoms with Crippen molar-refractivity contribution in [1.82, 2.24) is 4.90 Å². The Morgan fingerprint density at radius 3 is 2.50 bits per heavy atom. The van der Waals surface area contributed by atoms with Crippen molar-refractivity contribution < 1.29 is 0 Å². The summed E-state index contributed by atoms with van der Waals surface area (Å²) in [6, 6.07) is 15.3. The molecule has 0 aliphatic heterocycles. The van der Waals surface area contributed by atoms with Gasteiger partial charge in [0.1, 0.15) is 0 Å². The van der Waals surface area contributed by atoms with Crippen LogP contribution in [0.3, 0.4) is 0 Å². The molecule has 0 aromatic heterocycles. The van der Waals surface area contributed by atoms with Gasteiger partial charge < -0.3 is 4.90 Å². The lowest BCUT2D eigenvalue weighted by Crippen LogP contribution is -2.20. The molecule has 1 nitrogen and oxygen atoms in total. The predicted molar refractivity (Wildman–Crippen MR) is 70.8 cm³/mol. The van der Waals surface area contributed by atoms with Gasteiger partial charge in [-0.15, -0.1) is 0 Å². The lowest BCUT2D eigenvalue weighted by atomic mass is 10.1. The van der Waals surface area contributed by atoms with E-state index in [-0.39, 0.29) is 0 Å². The van der Waals surface area contributed by atoms with Gasteiger partial charge in [0, 0.05) is 6.54 Å². The third-order valence-corrected chi connectivity index (χ3v) is 3.14. The van der Waals surface area contributed by atoms with Crippen molar-refractivity contribution in [2.75, 3.05) is 20.1 Å². The Morgan fingerprint density at radius 1 is 1.00 bits per heavy atom. The molecule has 0 spiro atoms. The Labute approximate surface area is 97.7 Å². The summed E-state index contributed by atoms with van der Waals surface area (Å²) in [6.45, 7) is 4.45. The number of rotatable bonds is 4. The summed E-state index contributed by atoms with van der Waals surface area (Å²) in [5.41, 5.74) is 1.43. The largest absolute Gasteiger partial charge is 0.306 e. The summed E-state index contributed by atoms with van der Waals surface area (Å²) in [6.07, 6.45) is 1.13. The number of benzene rings is 2. The molecular weight excluding hydrogens is 194 g/mol. The van der Waals surface area contributed by atoms with E-state index in [1.807, 2.05) is 0 Å². The van der Waals surface area contributed by atoms with E-state index in [0.717, 1.165) is 19.5 Å². The first-order chi connectivity index (χ1) is 7.79. The smallest absolute Gasteiger partial charge is 0.00187 e. The molecule has 0 aliphatic carbocycles. The molecular formula is C15H19N. The van der Waals surface area contributed by atoms with E-state index in [4.69, 9.17) is 0 Å². The number of hydrogen-bond donors (Lipinski definition) is 0. The fourth-order valence-corrected chi connectivity index (χ4v) is 1.87. The van der Waals surface area contributed by atoms with Crippen LogP contribution in [0, 0.1) is 0 Å². The molecule has 2 rings (SSSR count). The van der Waals surface area contributed by atoms with Gasteiger partial charge in [-0.2, -0.15) is 0 Å². The summed E-state index contributed by atoms with van der Waals surface area (Å²) >= 11 is 0. The summed E-state index contributed by atoms with van der Waals surface area (Å²) in [5.74, 6) is 0. The van der Waals surface area contributed by atoms with Crippen LogP contribution in [0.1, 0.15) is 12.5 Å². The minimum Gasteiger partial charge on any atom is -0.306 e. The molecule has 16 heavy (non-hydrogen) atoms. The van der Waals surface area contributed by atoms with Crippen LogP contribution in [0.2, 0.25) is 0 Å². The minimum atomic E-state index is 1.12. The number of fused-ring (bicyclic) bond motifs is 1. The highest BCUT2D eigenvalue weighted by molar-refractivity contribution is 5.82. The second-order valence-corrected chi connectivity index (χ2v) is 4.33. The first-order valence-electron chi connectivity index (χ1n) is 5.96. The zero-order valence-electron chi connectivity index (χ0n) is 10.1. The molecule has 1 heteroatoms. The zero-order valence-corrected chi connectivity index (χ0v) is 10.1. The Morgan fingerprint density at radius 2 is 1.75 bits per heavy atom. The van der Waals surface area contributed by atoms with E-state index in [1.54, 1.807) is 0 Å². The van der Waals surface area contributed by atoms with Crippen LogP contribution < -0.4 is 0 Å². The Kier molecular flexibility index (Phi) is 3.58. The van der Waals surface area contributed by atoms with Gasteiger partial charge in [0.15, 0.2) is 0 Å². The molecule has 84 valence electrons. The molecule has 0 unspecified atom stereocenters. The zero-order chi connectivity index (χ0) is 11.4. The molecule has 0 saturated heterocycles. The quantitative estimate of drug-likeness (QED) is 0.753. The first kappa shape index (κ1) is 11.2. The molecule has 0 radical (unpaired) electrons. The third-order valence-electron chi connectivity index (χ3n) is 3.14. The van der Waals surface area contributed by atoms with Gasteiger partial charge in [0.25, 0.3) is 0 Å². The van der Waals surface area contributed by atoms with Gasteiger partial charge in [-0.3, -0.25) is 0 Å². The van der Waals surface area contributed by atoms with E-state index in [2.05, 4.69) is 61.3 Å². The fraction of sp³-hybridized carbons (Fsp3) is 0.333. The number of hydrogen-bond acceptors (Lipinski definition) is 1. The molecule has 0 heterocycles. The first-order valence-corrected chi connectivity index (χ1v) is 5.96. The van der Waals surface area contributed by atoms with Crippen LogP contribution in [0.5, 0.6) is 0 Å². The van der Waals surface area contributed by atoms with Crippen molar-refractivity contribution in [1.29, 1.82) is 0 Å². The van der Waals surface area contributed by atoms with Gasteiger partial charge >= 0.3 is 0 Å². The van der Waals surface area contributed by atoms with Crippen molar-refractivity contribution in [3.05, 3.63) is 48.0 Å². The lowest BCUT2D eigenvalue weighted by Gasteiger charge is -2.13. The van der Waals surface area contributed by atoms with E-state index in [1.165, 1.54) is 16.3 Å². The van der Waals surface area contributed by atoms with Crippen molar-refractivity contribution in [2.45, 2.75) is 13.3 Å². The maximum atomic E-state index is 2.34. The molecule has 0 fully saturated rings. The summed E-state index contributed by atoms with van der Waals surface area (Å²) < 4.78 is 0. The van der Waals surface area contributed by atoms with Gasteiger partial charge in [0.05, 0.1) is 0 Å². The highest BCUT2D eigenvalue weighted by atomic mass is 15.1. The number of likely N-dealkylation sites (N-methyl/N-ethyl adjacent to an activating group) is 1. The maximum Gasteiger partial charge on any atom is 0.00187 e. The predicted octanol–water partition coefficient (Wildman–Crippen LogP) is 3.33. The standard InChI is InChI=1S/C15H19N/c1-3-16(2)11-10-13-8-9-14-6-4-5-7-15(14)12-13/h4-9,12H,3,10-11H2,1-2H3. The van der Waals surface area contributed by atoms with Crippen LogP contribution >= 0.6 is 0 Å². The van der Waals surface area contributed by atoms with E-state index in [9.17, 15) is 0 Å².